The van der Waals surface area contributed by atoms with E-state index in [1.54, 1.807) is 0 Å². The van der Waals surface area contributed by atoms with Gasteiger partial charge in [0.1, 0.15) is 0 Å². The number of hydrogen-bond acceptors (Lipinski definition) is 4. The zero-order valence-electron chi connectivity index (χ0n) is 14.2. The van der Waals surface area contributed by atoms with E-state index in [0.29, 0.717) is 5.41 Å². The van der Waals surface area contributed by atoms with Crippen molar-refractivity contribution < 1.29 is 4.74 Å². The molecule has 1 N–H and O–H groups in total. The Morgan fingerprint density at radius 2 is 2.05 bits per heavy atom. The molecule has 4 heteroatoms. The third kappa shape index (κ3) is 5.85. The summed E-state index contributed by atoms with van der Waals surface area (Å²) >= 11 is 0. The highest BCUT2D eigenvalue weighted by Gasteiger charge is 2.33. The van der Waals surface area contributed by atoms with Crippen LogP contribution in [0.2, 0.25) is 0 Å². The molecular formula is C17H35N3O. The molecule has 2 fully saturated rings. The van der Waals surface area contributed by atoms with Crippen molar-refractivity contribution in [1.82, 2.24) is 15.1 Å². The van der Waals surface area contributed by atoms with Crippen molar-refractivity contribution in [2.24, 2.45) is 5.41 Å². The molecular weight excluding hydrogens is 262 g/mol. The van der Waals surface area contributed by atoms with Crippen LogP contribution in [-0.2, 0) is 4.74 Å². The molecule has 2 aliphatic heterocycles. The first-order valence-electron chi connectivity index (χ1n) is 8.93. The van der Waals surface area contributed by atoms with Gasteiger partial charge in [-0.3, -0.25) is 0 Å². The van der Waals surface area contributed by atoms with Crippen LogP contribution in [0, 0.1) is 5.41 Å². The normalized spacial score (nSPS) is 27.6. The van der Waals surface area contributed by atoms with Gasteiger partial charge >= 0.3 is 0 Å². The van der Waals surface area contributed by atoms with Gasteiger partial charge in [0.25, 0.3) is 0 Å². The van der Waals surface area contributed by atoms with Gasteiger partial charge < -0.3 is 19.9 Å². The number of likely N-dealkylation sites (tertiary alicyclic amines) is 1. The van der Waals surface area contributed by atoms with Crippen molar-refractivity contribution in [2.45, 2.75) is 39.0 Å². The second kappa shape index (κ2) is 9.09. The lowest BCUT2D eigenvalue weighted by molar-refractivity contribution is -0.0232. The third-order valence-corrected chi connectivity index (χ3v) is 4.93. The van der Waals surface area contributed by atoms with Crippen LogP contribution in [0.4, 0.5) is 0 Å². The van der Waals surface area contributed by atoms with Crippen molar-refractivity contribution in [2.75, 3.05) is 66.1 Å². The van der Waals surface area contributed by atoms with Gasteiger partial charge in [-0.15, -0.1) is 0 Å². The maximum absolute atomic E-state index is 5.82. The predicted octanol–water partition coefficient (Wildman–Crippen LogP) is 1.81. The minimum absolute atomic E-state index is 0.327. The van der Waals surface area contributed by atoms with E-state index in [2.05, 4.69) is 29.1 Å². The Bertz CT molecular complexity index is 273. The van der Waals surface area contributed by atoms with E-state index in [0.717, 1.165) is 32.8 Å². The van der Waals surface area contributed by atoms with E-state index in [-0.39, 0.29) is 0 Å². The molecule has 2 rings (SSSR count). The molecule has 2 saturated heterocycles. The lowest BCUT2D eigenvalue weighted by atomic mass is 9.81. The Labute approximate surface area is 131 Å². The van der Waals surface area contributed by atoms with Gasteiger partial charge in [-0.25, -0.2) is 0 Å². The topological polar surface area (TPSA) is 27.7 Å². The van der Waals surface area contributed by atoms with Gasteiger partial charge in [-0.05, 0) is 58.8 Å². The fourth-order valence-electron chi connectivity index (χ4n) is 3.73. The lowest BCUT2D eigenvalue weighted by Crippen LogP contribution is -2.49. The Morgan fingerprint density at radius 3 is 2.71 bits per heavy atom. The molecule has 0 amide bonds. The number of nitrogens with one attached hydrogen (secondary N) is 1. The largest absolute Gasteiger partial charge is 0.381 e. The van der Waals surface area contributed by atoms with Gasteiger partial charge in [0.2, 0.25) is 0 Å². The second-order valence-electron chi connectivity index (χ2n) is 7.12. The first-order valence-corrected chi connectivity index (χ1v) is 8.93. The molecule has 0 saturated carbocycles. The number of rotatable bonds is 9. The number of ether oxygens (including phenoxy) is 1. The summed E-state index contributed by atoms with van der Waals surface area (Å²) in [7, 11) is 2.28. The van der Waals surface area contributed by atoms with Crippen LogP contribution in [0.5, 0.6) is 0 Å². The van der Waals surface area contributed by atoms with Crippen LogP contribution in [0.25, 0.3) is 0 Å². The van der Waals surface area contributed by atoms with Crippen molar-refractivity contribution in [3.63, 3.8) is 0 Å². The van der Waals surface area contributed by atoms with Crippen LogP contribution in [0.1, 0.15) is 39.0 Å². The molecule has 4 nitrogen and oxygen atoms in total. The highest BCUT2D eigenvalue weighted by molar-refractivity contribution is 4.87. The van der Waals surface area contributed by atoms with Crippen LogP contribution < -0.4 is 5.32 Å². The fourth-order valence-corrected chi connectivity index (χ4v) is 3.73. The van der Waals surface area contributed by atoms with Crippen LogP contribution in [0.15, 0.2) is 0 Å². The first-order chi connectivity index (χ1) is 10.2. The molecule has 0 aromatic heterocycles. The first kappa shape index (κ1) is 17.2. The summed E-state index contributed by atoms with van der Waals surface area (Å²) in [6, 6.07) is 0. The molecule has 2 heterocycles. The summed E-state index contributed by atoms with van der Waals surface area (Å²) in [4.78, 5) is 5.14. The van der Waals surface area contributed by atoms with Crippen molar-refractivity contribution in [3.05, 3.63) is 0 Å². The van der Waals surface area contributed by atoms with Crippen molar-refractivity contribution in [3.8, 4) is 0 Å². The monoisotopic (exact) mass is 297 g/mol. The second-order valence-corrected chi connectivity index (χ2v) is 7.12. The smallest absolute Gasteiger partial charge is 0.0546 e. The van der Waals surface area contributed by atoms with Crippen LogP contribution in [0.3, 0.4) is 0 Å². The SMILES string of the molecule is CCCNCC1(CN(C)CCN2CCCC2)CCCOC1. The van der Waals surface area contributed by atoms with Crippen molar-refractivity contribution in [1.29, 1.82) is 0 Å². The summed E-state index contributed by atoms with van der Waals surface area (Å²) < 4.78 is 5.82. The van der Waals surface area contributed by atoms with Gasteiger partial charge in [0.05, 0.1) is 6.61 Å². The zero-order valence-corrected chi connectivity index (χ0v) is 14.2. The van der Waals surface area contributed by atoms with Gasteiger partial charge in [-0.2, -0.15) is 0 Å². The van der Waals surface area contributed by atoms with Crippen molar-refractivity contribution >= 4 is 0 Å². The molecule has 0 aromatic carbocycles. The molecule has 1 atom stereocenters. The lowest BCUT2D eigenvalue weighted by Gasteiger charge is -2.40. The highest BCUT2D eigenvalue weighted by Crippen LogP contribution is 2.29. The molecule has 0 radical (unpaired) electrons. The van der Waals surface area contributed by atoms with E-state index in [4.69, 9.17) is 4.74 Å². The number of nitrogens with zero attached hydrogens (tertiary/aromatic N) is 2. The van der Waals surface area contributed by atoms with E-state index < -0.39 is 0 Å². The quantitative estimate of drug-likeness (QED) is 0.657. The number of likely N-dealkylation sites (N-methyl/N-ethyl adjacent to an activating group) is 1. The summed E-state index contributed by atoms with van der Waals surface area (Å²) in [5.41, 5.74) is 0.327. The van der Waals surface area contributed by atoms with Gasteiger partial charge in [0.15, 0.2) is 0 Å². The van der Waals surface area contributed by atoms with E-state index >= 15 is 0 Å². The van der Waals surface area contributed by atoms with Crippen LogP contribution in [-0.4, -0.2) is 75.9 Å². The predicted molar refractivity (Wildman–Crippen MR) is 88.8 cm³/mol. The molecule has 21 heavy (non-hydrogen) atoms. The summed E-state index contributed by atoms with van der Waals surface area (Å²) in [5, 5.41) is 3.63. The molecule has 2 aliphatic rings. The fraction of sp³-hybridized carbons (Fsp3) is 1.00. The molecule has 0 spiro atoms. The highest BCUT2D eigenvalue weighted by atomic mass is 16.5. The molecule has 0 bridgehead atoms. The van der Waals surface area contributed by atoms with E-state index in [9.17, 15) is 0 Å². The molecule has 0 aliphatic carbocycles. The zero-order chi connectivity index (χ0) is 15.0. The molecule has 0 aromatic rings. The molecule has 124 valence electrons. The summed E-state index contributed by atoms with van der Waals surface area (Å²) in [5.74, 6) is 0. The number of hydrogen-bond donors (Lipinski definition) is 1. The third-order valence-electron chi connectivity index (χ3n) is 4.93. The average molecular weight is 297 g/mol. The summed E-state index contributed by atoms with van der Waals surface area (Å²) in [6.45, 7) is 12.5. The van der Waals surface area contributed by atoms with Crippen LogP contribution >= 0.6 is 0 Å². The Morgan fingerprint density at radius 1 is 1.24 bits per heavy atom. The Kier molecular flexibility index (Phi) is 7.44. The van der Waals surface area contributed by atoms with E-state index in [1.807, 2.05) is 0 Å². The minimum Gasteiger partial charge on any atom is -0.381 e. The van der Waals surface area contributed by atoms with Gasteiger partial charge in [0, 0.05) is 38.2 Å². The average Bonchev–Trinajstić information content (AvgIpc) is 3.00. The standard InChI is InChI=1S/C17H35N3O/c1-3-8-18-14-17(7-6-13-21-16-17)15-19(2)11-12-20-9-4-5-10-20/h18H,3-16H2,1-2H3. The summed E-state index contributed by atoms with van der Waals surface area (Å²) in [6.07, 6.45) is 6.51. The maximum Gasteiger partial charge on any atom is 0.0546 e. The Balaban J connectivity index is 1.75. The molecule has 1 unspecified atom stereocenters. The van der Waals surface area contributed by atoms with E-state index in [1.165, 1.54) is 58.3 Å². The Hall–Kier alpha value is -0.160. The van der Waals surface area contributed by atoms with Gasteiger partial charge in [-0.1, -0.05) is 6.92 Å². The maximum atomic E-state index is 5.82. The minimum atomic E-state index is 0.327.